The van der Waals surface area contributed by atoms with Gasteiger partial charge < -0.3 is 0 Å². The zero-order chi connectivity index (χ0) is 8.55. The predicted molar refractivity (Wildman–Crippen MR) is 52.4 cm³/mol. The Morgan fingerprint density at radius 3 is 2.75 bits per heavy atom. The van der Waals surface area contributed by atoms with Gasteiger partial charge in [-0.3, -0.25) is 4.79 Å². The summed E-state index contributed by atoms with van der Waals surface area (Å²) in [5, 5.41) is 0. The number of Topliss-reactive ketones (excluding diaryl/α,β-unsaturated/α-hetero) is 1. The van der Waals surface area contributed by atoms with Crippen molar-refractivity contribution in [1.29, 1.82) is 0 Å². The lowest BCUT2D eigenvalue weighted by atomic mass is 9.70. The molecular formula is C10H15BrO. The van der Waals surface area contributed by atoms with E-state index in [9.17, 15) is 4.79 Å². The fourth-order valence-electron chi connectivity index (χ4n) is 2.69. The molecule has 68 valence electrons. The quantitative estimate of drug-likeness (QED) is 0.586. The summed E-state index contributed by atoms with van der Waals surface area (Å²) in [6, 6.07) is 0. The van der Waals surface area contributed by atoms with Gasteiger partial charge >= 0.3 is 0 Å². The third kappa shape index (κ3) is 1.46. The van der Waals surface area contributed by atoms with Crippen LogP contribution in [0.15, 0.2) is 0 Å². The van der Waals surface area contributed by atoms with Crippen LogP contribution in [-0.2, 0) is 4.79 Å². The molecule has 0 aromatic carbocycles. The van der Waals surface area contributed by atoms with Crippen molar-refractivity contribution in [2.24, 2.45) is 11.8 Å². The SMILES string of the molecule is O=C1CCCC2C(Br)CCCC12. The number of alkyl halides is 1. The first-order chi connectivity index (χ1) is 5.79. The number of hydrogen-bond acceptors (Lipinski definition) is 1. The molecule has 12 heavy (non-hydrogen) atoms. The van der Waals surface area contributed by atoms with Gasteiger partial charge in [-0.1, -0.05) is 22.4 Å². The standard InChI is InChI=1S/C10H15BrO/c11-9-5-1-4-8-7(9)3-2-6-10(8)12/h7-9H,1-6H2. The van der Waals surface area contributed by atoms with Gasteiger partial charge in [0.15, 0.2) is 0 Å². The molecule has 0 amide bonds. The highest BCUT2D eigenvalue weighted by Gasteiger charge is 2.37. The van der Waals surface area contributed by atoms with Gasteiger partial charge in [0.05, 0.1) is 0 Å². The lowest BCUT2D eigenvalue weighted by molar-refractivity contribution is -0.127. The molecule has 2 heteroatoms. The Morgan fingerprint density at radius 1 is 1.17 bits per heavy atom. The Kier molecular flexibility index (Phi) is 2.54. The van der Waals surface area contributed by atoms with Crippen molar-refractivity contribution in [2.45, 2.75) is 43.4 Å². The van der Waals surface area contributed by atoms with Gasteiger partial charge in [-0.25, -0.2) is 0 Å². The van der Waals surface area contributed by atoms with Crippen molar-refractivity contribution >= 4 is 21.7 Å². The highest BCUT2D eigenvalue weighted by atomic mass is 79.9. The molecule has 3 unspecified atom stereocenters. The highest BCUT2D eigenvalue weighted by molar-refractivity contribution is 9.09. The molecule has 2 aliphatic rings. The van der Waals surface area contributed by atoms with E-state index in [2.05, 4.69) is 15.9 Å². The van der Waals surface area contributed by atoms with E-state index in [0.29, 0.717) is 22.4 Å². The van der Waals surface area contributed by atoms with Gasteiger partial charge in [-0.15, -0.1) is 0 Å². The van der Waals surface area contributed by atoms with Crippen molar-refractivity contribution in [2.75, 3.05) is 0 Å². The Balaban J connectivity index is 2.10. The monoisotopic (exact) mass is 230 g/mol. The number of fused-ring (bicyclic) bond motifs is 1. The second-order valence-electron chi connectivity index (χ2n) is 4.08. The van der Waals surface area contributed by atoms with Gasteiger partial charge in [0.25, 0.3) is 0 Å². The average molecular weight is 231 g/mol. The van der Waals surface area contributed by atoms with Crippen LogP contribution in [0, 0.1) is 11.8 Å². The molecule has 0 saturated heterocycles. The van der Waals surface area contributed by atoms with Gasteiger partial charge in [0.2, 0.25) is 0 Å². The van der Waals surface area contributed by atoms with Gasteiger partial charge in [0, 0.05) is 17.2 Å². The van der Waals surface area contributed by atoms with Gasteiger partial charge in [0.1, 0.15) is 5.78 Å². The van der Waals surface area contributed by atoms with Crippen LogP contribution in [0.4, 0.5) is 0 Å². The van der Waals surface area contributed by atoms with Crippen molar-refractivity contribution in [3.05, 3.63) is 0 Å². The van der Waals surface area contributed by atoms with E-state index in [0.717, 1.165) is 19.3 Å². The van der Waals surface area contributed by atoms with Crippen molar-refractivity contribution in [3.63, 3.8) is 0 Å². The molecule has 0 aromatic heterocycles. The predicted octanol–water partition coefficient (Wildman–Crippen LogP) is 2.92. The topological polar surface area (TPSA) is 17.1 Å². The second kappa shape index (κ2) is 3.49. The van der Waals surface area contributed by atoms with E-state index in [1.54, 1.807) is 0 Å². The first kappa shape index (κ1) is 8.74. The average Bonchev–Trinajstić information content (AvgIpc) is 2.07. The number of hydrogen-bond donors (Lipinski definition) is 0. The summed E-state index contributed by atoms with van der Waals surface area (Å²) in [5.74, 6) is 1.62. The Labute approximate surface area is 82.0 Å². The summed E-state index contributed by atoms with van der Waals surface area (Å²) in [5.41, 5.74) is 0. The maximum Gasteiger partial charge on any atom is 0.136 e. The molecule has 2 rings (SSSR count). The summed E-state index contributed by atoms with van der Waals surface area (Å²) >= 11 is 3.71. The zero-order valence-corrected chi connectivity index (χ0v) is 8.85. The molecule has 0 spiro atoms. The molecule has 0 aromatic rings. The molecule has 0 heterocycles. The maximum absolute atomic E-state index is 11.6. The normalized spacial score (nSPS) is 42.4. The third-order valence-electron chi connectivity index (χ3n) is 3.35. The van der Waals surface area contributed by atoms with E-state index in [1.807, 2.05) is 0 Å². The van der Waals surface area contributed by atoms with Gasteiger partial charge in [-0.2, -0.15) is 0 Å². The maximum atomic E-state index is 11.6. The van der Waals surface area contributed by atoms with Crippen LogP contribution in [-0.4, -0.2) is 10.6 Å². The molecule has 1 nitrogen and oxygen atoms in total. The van der Waals surface area contributed by atoms with Gasteiger partial charge in [-0.05, 0) is 31.6 Å². The molecule has 3 atom stereocenters. The van der Waals surface area contributed by atoms with Crippen LogP contribution in [0.25, 0.3) is 0 Å². The minimum atomic E-state index is 0.414. The zero-order valence-electron chi connectivity index (χ0n) is 7.26. The van der Waals surface area contributed by atoms with E-state index >= 15 is 0 Å². The van der Waals surface area contributed by atoms with Crippen molar-refractivity contribution in [3.8, 4) is 0 Å². The summed E-state index contributed by atoms with van der Waals surface area (Å²) in [7, 11) is 0. The number of rotatable bonds is 0. The summed E-state index contributed by atoms with van der Waals surface area (Å²) < 4.78 is 0. The number of carbonyl (C=O) groups is 1. The van der Waals surface area contributed by atoms with Crippen LogP contribution in [0.1, 0.15) is 38.5 Å². The number of ketones is 1. The molecule has 0 radical (unpaired) electrons. The number of carbonyl (C=O) groups excluding carboxylic acids is 1. The minimum absolute atomic E-state index is 0.414. The summed E-state index contributed by atoms with van der Waals surface area (Å²) in [6.45, 7) is 0. The highest BCUT2D eigenvalue weighted by Crippen LogP contribution is 2.41. The molecule has 2 saturated carbocycles. The Morgan fingerprint density at radius 2 is 2.00 bits per heavy atom. The number of halogens is 1. The van der Waals surface area contributed by atoms with E-state index in [4.69, 9.17) is 0 Å². The molecule has 2 fully saturated rings. The largest absolute Gasteiger partial charge is 0.299 e. The first-order valence-electron chi connectivity index (χ1n) is 4.96. The molecule has 0 N–H and O–H groups in total. The fraction of sp³-hybridized carbons (Fsp3) is 0.900. The van der Waals surface area contributed by atoms with Crippen LogP contribution in [0.5, 0.6) is 0 Å². The smallest absolute Gasteiger partial charge is 0.136 e. The Bertz CT molecular complexity index is 190. The summed E-state index contributed by atoms with van der Waals surface area (Å²) in [6.07, 6.45) is 6.91. The van der Waals surface area contributed by atoms with Crippen LogP contribution < -0.4 is 0 Å². The van der Waals surface area contributed by atoms with E-state index in [1.165, 1.54) is 19.3 Å². The Hall–Kier alpha value is 0.150. The molecule has 0 bridgehead atoms. The van der Waals surface area contributed by atoms with Crippen LogP contribution in [0.3, 0.4) is 0 Å². The van der Waals surface area contributed by atoms with Crippen LogP contribution in [0.2, 0.25) is 0 Å². The van der Waals surface area contributed by atoms with Crippen molar-refractivity contribution in [1.82, 2.24) is 0 Å². The molecular weight excluding hydrogens is 216 g/mol. The van der Waals surface area contributed by atoms with Crippen LogP contribution >= 0.6 is 15.9 Å². The minimum Gasteiger partial charge on any atom is -0.299 e. The lowest BCUT2D eigenvalue weighted by Gasteiger charge is -2.37. The second-order valence-corrected chi connectivity index (χ2v) is 5.25. The lowest BCUT2D eigenvalue weighted by Crippen LogP contribution is -2.36. The third-order valence-corrected chi connectivity index (χ3v) is 4.49. The summed E-state index contributed by atoms with van der Waals surface area (Å²) in [4.78, 5) is 12.2. The molecule has 2 aliphatic carbocycles. The van der Waals surface area contributed by atoms with E-state index in [-0.39, 0.29) is 0 Å². The van der Waals surface area contributed by atoms with E-state index < -0.39 is 0 Å². The molecule has 0 aliphatic heterocycles. The fourth-order valence-corrected chi connectivity index (χ4v) is 3.65. The van der Waals surface area contributed by atoms with Crippen molar-refractivity contribution < 1.29 is 4.79 Å². The first-order valence-corrected chi connectivity index (χ1v) is 5.87.